The van der Waals surface area contributed by atoms with E-state index >= 15 is 0 Å². The van der Waals surface area contributed by atoms with Crippen LogP contribution >= 0.6 is 0 Å². The lowest BCUT2D eigenvalue weighted by molar-refractivity contribution is 0.144. The zero-order valence-corrected chi connectivity index (χ0v) is 10.1. The van der Waals surface area contributed by atoms with Gasteiger partial charge in [0.2, 0.25) is 0 Å². The molecule has 0 unspecified atom stereocenters. The zero-order valence-electron chi connectivity index (χ0n) is 10.1. The van der Waals surface area contributed by atoms with Crippen LogP contribution in [0.4, 0.5) is 4.79 Å². The Kier molecular flexibility index (Phi) is 9.27. The van der Waals surface area contributed by atoms with Gasteiger partial charge in [0.1, 0.15) is 0 Å². The average molecular weight is 216 g/mol. The lowest BCUT2D eigenvalue weighted by Crippen LogP contribution is -2.28. The van der Waals surface area contributed by atoms with Crippen LogP contribution in [0.1, 0.15) is 40.0 Å². The van der Waals surface area contributed by atoms with E-state index < -0.39 is 0 Å². The van der Waals surface area contributed by atoms with Crippen molar-refractivity contribution in [3.63, 3.8) is 0 Å². The van der Waals surface area contributed by atoms with Crippen molar-refractivity contribution in [1.82, 2.24) is 10.6 Å². The summed E-state index contributed by atoms with van der Waals surface area (Å²) in [5, 5.41) is 5.96. The van der Waals surface area contributed by atoms with Gasteiger partial charge in [0.25, 0.3) is 0 Å². The third-order valence-electron chi connectivity index (χ3n) is 1.91. The molecule has 0 fully saturated rings. The van der Waals surface area contributed by atoms with Crippen LogP contribution in [-0.2, 0) is 4.74 Å². The molecule has 4 nitrogen and oxygen atoms in total. The number of carbonyl (C=O) groups is 1. The monoisotopic (exact) mass is 216 g/mol. The Bertz CT molecular complexity index is 161. The van der Waals surface area contributed by atoms with E-state index in [0.29, 0.717) is 19.2 Å². The van der Waals surface area contributed by atoms with Crippen molar-refractivity contribution in [3.8, 4) is 0 Å². The topological polar surface area (TPSA) is 50.4 Å². The molecule has 15 heavy (non-hydrogen) atoms. The van der Waals surface area contributed by atoms with E-state index in [1.807, 2.05) is 0 Å². The molecule has 0 aromatic carbocycles. The summed E-state index contributed by atoms with van der Waals surface area (Å²) >= 11 is 0. The Hall–Kier alpha value is -0.770. The average Bonchev–Trinajstić information content (AvgIpc) is 2.17. The van der Waals surface area contributed by atoms with Gasteiger partial charge in [0, 0.05) is 12.6 Å². The van der Waals surface area contributed by atoms with E-state index in [1.54, 1.807) is 0 Å². The van der Waals surface area contributed by atoms with Crippen molar-refractivity contribution in [2.45, 2.75) is 46.1 Å². The van der Waals surface area contributed by atoms with Crippen LogP contribution in [0, 0.1) is 0 Å². The molecule has 0 atom stereocenters. The molecule has 4 heteroatoms. The summed E-state index contributed by atoms with van der Waals surface area (Å²) in [6.45, 7) is 8.36. The number of rotatable bonds is 8. The van der Waals surface area contributed by atoms with Gasteiger partial charge in [-0.3, -0.25) is 0 Å². The molecule has 0 rings (SSSR count). The van der Waals surface area contributed by atoms with E-state index in [2.05, 4.69) is 31.4 Å². The highest BCUT2D eigenvalue weighted by Gasteiger charge is 1.99. The quantitative estimate of drug-likeness (QED) is 0.609. The largest absolute Gasteiger partial charge is 0.450 e. The minimum Gasteiger partial charge on any atom is -0.450 e. The fourth-order valence-electron chi connectivity index (χ4n) is 1.05. The van der Waals surface area contributed by atoms with Gasteiger partial charge in [0.05, 0.1) is 6.61 Å². The fourth-order valence-corrected chi connectivity index (χ4v) is 1.05. The first-order valence-electron chi connectivity index (χ1n) is 5.80. The third-order valence-corrected chi connectivity index (χ3v) is 1.91. The Morgan fingerprint density at radius 2 is 2.00 bits per heavy atom. The van der Waals surface area contributed by atoms with Crippen molar-refractivity contribution in [2.75, 3.05) is 19.7 Å². The van der Waals surface area contributed by atoms with E-state index in [9.17, 15) is 4.79 Å². The summed E-state index contributed by atoms with van der Waals surface area (Å²) in [7, 11) is 0. The molecule has 0 radical (unpaired) electrons. The molecular formula is C11H24N2O2. The predicted molar refractivity (Wildman–Crippen MR) is 62.0 cm³/mol. The molecule has 1 amide bonds. The summed E-state index contributed by atoms with van der Waals surface area (Å²) in [5.74, 6) is 0. The van der Waals surface area contributed by atoms with Gasteiger partial charge in [-0.2, -0.15) is 0 Å². The summed E-state index contributed by atoms with van der Waals surface area (Å²) in [4.78, 5) is 11.1. The second-order valence-electron chi connectivity index (χ2n) is 3.88. The van der Waals surface area contributed by atoms with E-state index in [4.69, 9.17) is 4.74 Å². The van der Waals surface area contributed by atoms with Crippen LogP contribution in [0.25, 0.3) is 0 Å². The number of amides is 1. The summed E-state index contributed by atoms with van der Waals surface area (Å²) in [5.41, 5.74) is 0. The molecule has 0 aromatic heterocycles. The van der Waals surface area contributed by atoms with E-state index in [-0.39, 0.29) is 6.09 Å². The minimum absolute atomic E-state index is 0.298. The maximum absolute atomic E-state index is 11.1. The SMILES string of the molecule is CCCCNC(=O)OCCCNC(C)C. The van der Waals surface area contributed by atoms with Gasteiger partial charge in [-0.25, -0.2) is 4.79 Å². The number of hydrogen-bond acceptors (Lipinski definition) is 3. The van der Waals surface area contributed by atoms with Gasteiger partial charge in [-0.15, -0.1) is 0 Å². The number of hydrogen-bond donors (Lipinski definition) is 2. The number of alkyl carbamates (subject to hydrolysis) is 1. The molecular weight excluding hydrogens is 192 g/mol. The van der Waals surface area contributed by atoms with Crippen molar-refractivity contribution in [3.05, 3.63) is 0 Å². The van der Waals surface area contributed by atoms with E-state index in [1.165, 1.54) is 0 Å². The molecule has 0 saturated carbocycles. The van der Waals surface area contributed by atoms with Gasteiger partial charge < -0.3 is 15.4 Å². The predicted octanol–water partition coefficient (Wildman–Crippen LogP) is 1.90. The normalized spacial score (nSPS) is 10.4. The molecule has 0 aliphatic rings. The maximum Gasteiger partial charge on any atom is 0.407 e. The second-order valence-corrected chi connectivity index (χ2v) is 3.88. The zero-order chi connectivity index (χ0) is 11.5. The highest BCUT2D eigenvalue weighted by molar-refractivity contribution is 5.66. The molecule has 90 valence electrons. The summed E-state index contributed by atoms with van der Waals surface area (Å²) in [6.07, 6.45) is 2.65. The van der Waals surface area contributed by atoms with Crippen LogP contribution in [-0.4, -0.2) is 31.8 Å². The first-order chi connectivity index (χ1) is 7.16. The first-order valence-corrected chi connectivity index (χ1v) is 5.80. The number of nitrogens with one attached hydrogen (secondary N) is 2. The van der Waals surface area contributed by atoms with Crippen LogP contribution in [0.3, 0.4) is 0 Å². The van der Waals surface area contributed by atoms with Crippen molar-refractivity contribution in [1.29, 1.82) is 0 Å². The van der Waals surface area contributed by atoms with Crippen molar-refractivity contribution in [2.24, 2.45) is 0 Å². The summed E-state index contributed by atoms with van der Waals surface area (Å²) < 4.78 is 4.98. The van der Waals surface area contributed by atoms with Crippen LogP contribution in [0.5, 0.6) is 0 Å². The lowest BCUT2D eigenvalue weighted by atomic mass is 10.3. The van der Waals surface area contributed by atoms with Crippen molar-refractivity contribution < 1.29 is 9.53 Å². The Morgan fingerprint density at radius 3 is 2.60 bits per heavy atom. The molecule has 0 bridgehead atoms. The number of ether oxygens (including phenoxy) is 1. The number of unbranched alkanes of at least 4 members (excludes halogenated alkanes) is 1. The minimum atomic E-state index is -0.298. The van der Waals surface area contributed by atoms with Crippen LogP contribution < -0.4 is 10.6 Å². The highest BCUT2D eigenvalue weighted by atomic mass is 16.5. The standard InChI is InChI=1S/C11H24N2O2/c1-4-5-7-13-11(14)15-9-6-8-12-10(2)3/h10,12H,4-9H2,1-3H3,(H,13,14). The molecule has 0 spiro atoms. The van der Waals surface area contributed by atoms with Gasteiger partial charge in [0.15, 0.2) is 0 Å². The van der Waals surface area contributed by atoms with Crippen LogP contribution in [0.15, 0.2) is 0 Å². The van der Waals surface area contributed by atoms with Crippen LogP contribution in [0.2, 0.25) is 0 Å². The smallest absolute Gasteiger partial charge is 0.407 e. The van der Waals surface area contributed by atoms with Gasteiger partial charge in [-0.05, 0) is 19.4 Å². The fraction of sp³-hybridized carbons (Fsp3) is 0.909. The molecule has 0 heterocycles. The molecule has 0 aromatic rings. The Morgan fingerprint density at radius 1 is 1.27 bits per heavy atom. The van der Waals surface area contributed by atoms with E-state index in [0.717, 1.165) is 25.8 Å². The Labute approximate surface area is 92.8 Å². The highest BCUT2D eigenvalue weighted by Crippen LogP contribution is 1.87. The van der Waals surface area contributed by atoms with Gasteiger partial charge >= 0.3 is 6.09 Å². The van der Waals surface area contributed by atoms with Gasteiger partial charge in [-0.1, -0.05) is 27.2 Å². The summed E-state index contributed by atoms with van der Waals surface area (Å²) in [6, 6.07) is 0.489. The second kappa shape index (κ2) is 9.77. The molecule has 0 aliphatic carbocycles. The van der Waals surface area contributed by atoms with Crippen molar-refractivity contribution >= 4 is 6.09 Å². The first kappa shape index (κ1) is 14.2. The molecule has 0 aliphatic heterocycles. The lowest BCUT2D eigenvalue weighted by Gasteiger charge is -2.08. The number of carbonyl (C=O) groups excluding carboxylic acids is 1. The maximum atomic E-state index is 11.1. The molecule has 0 saturated heterocycles. The third kappa shape index (κ3) is 11.2. The molecule has 2 N–H and O–H groups in total. The Balaban J connectivity index is 3.17.